The summed E-state index contributed by atoms with van der Waals surface area (Å²) in [4.78, 5) is 7.38. The molecule has 4 rings (SSSR count). The highest BCUT2D eigenvalue weighted by Gasteiger charge is 2.13. The van der Waals surface area contributed by atoms with Crippen molar-refractivity contribution in [3.05, 3.63) is 78.2 Å². The Kier molecular flexibility index (Phi) is 5.35. The molecular weight excluding hydrogens is 386 g/mol. The molecule has 29 heavy (non-hydrogen) atoms. The van der Waals surface area contributed by atoms with Crippen molar-refractivity contribution in [2.45, 2.75) is 6.54 Å². The van der Waals surface area contributed by atoms with Gasteiger partial charge in [-0.2, -0.15) is 5.26 Å². The van der Waals surface area contributed by atoms with Gasteiger partial charge in [0.05, 0.1) is 11.3 Å². The van der Waals surface area contributed by atoms with E-state index in [1.165, 1.54) is 6.20 Å². The van der Waals surface area contributed by atoms with Crippen LogP contribution in [-0.4, -0.2) is 18.7 Å². The largest absolute Gasteiger partial charge is 0.760 e. The van der Waals surface area contributed by atoms with Crippen LogP contribution in [0.1, 0.15) is 11.1 Å². The zero-order valence-corrected chi connectivity index (χ0v) is 16.0. The molecule has 0 aliphatic carbocycles. The highest BCUT2D eigenvalue weighted by Crippen LogP contribution is 2.34. The van der Waals surface area contributed by atoms with Gasteiger partial charge in [-0.3, -0.25) is 9.19 Å². The lowest BCUT2D eigenvalue weighted by Crippen LogP contribution is -2.15. The molecule has 0 spiro atoms. The minimum absolute atomic E-state index is 0.181. The number of aromatic nitrogens is 2. The van der Waals surface area contributed by atoms with Gasteiger partial charge in [-0.25, -0.2) is 4.72 Å². The number of anilines is 2. The van der Waals surface area contributed by atoms with Gasteiger partial charge in [0.1, 0.15) is 6.07 Å². The molecule has 1 unspecified atom stereocenters. The third-order valence-electron chi connectivity index (χ3n) is 4.55. The van der Waals surface area contributed by atoms with E-state index in [0.29, 0.717) is 11.3 Å². The highest BCUT2D eigenvalue weighted by molar-refractivity contribution is 7.77. The van der Waals surface area contributed by atoms with Crippen LogP contribution in [0.25, 0.3) is 22.0 Å². The average Bonchev–Trinajstić information content (AvgIpc) is 3.22. The fourth-order valence-corrected chi connectivity index (χ4v) is 3.50. The molecule has 0 aliphatic rings. The van der Waals surface area contributed by atoms with Crippen molar-refractivity contribution in [3.63, 3.8) is 0 Å². The number of nitrogens with zero attached hydrogens (tertiary/aromatic N) is 2. The molecule has 8 heteroatoms. The third-order valence-corrected chi connectivity index (χ3v) is 4.93. The molecule has 0 fully saturated rings. The summed E-state index contributed by atoms with van der Waals surface area (Å²) < 4.78 is 23.9. The number of benzene rings is 2. The normalized spacial score (nSPS) is 11.9. The van der Waals surface area contributed by atoms with Crippen molar-refractivity contribution in [1.82, 2.24) is 14.7 Å². The van der Waals surface area contributed by atoms with E-state index < -0.39 is 11.3 Å². The molecule has 0 bridgehead atoms. The van der Waals surface area contributed by atoms with Gasteiger partial charge >= 0.3 is 0 Å². The van der Waals surface area contributed by atoms with Crippen LogP contribution in [0.15, 0.2) is 67.1 Å². The maximum atomic E-state index is 10.8. The fourth-order valence-electron chi connectivity index (χ4n) is 3.22. The van der Waals surface area contributed by atoms with Crippen LogP contribution in [0.3, 0.4) is 0 Å². The minimum atomic E-state index is -2.33. The quantitative estimate of drug-likeness (QED) is 0.425. The van der Waals surface area contributed by atoms with Gasteiger partial charge < -0.3 is 14.9 Å². The lowest BCUT2D eigenvalue weighted by atomic mass is 10.0. The Labute approximate surface area is 169 Å². The first kappa shape index (κ1) is 18.8. The second kappa shape index (κ2) is 8.24. The van der Waals surface area contributed by atoms with Crippen LogP contribution in [0, 0.1) is 11.3 Å². The molecule has 144 valence electrons. The van der Waals surface area contributed by atoms with E-state index in [1.807, 2.05) is 54.7 Å². The molecular formula is C21H16N5O2S-. The zero-order chi connectivity index (χ0) is 20.2. The average molecular weight is 402 g/mol. The second-order valence-electron chi connectivity index (χ2n) is 6.35. The van der Waals surface area contributed by atoms with Crippen molar-refractivity contribution in [2.75, 3.05) is 5.32 Å². The summed E-state index contributed by atoms with van der Waals surface area (Å²) in [5.74, 6) is 0. The van der Waals surface area contributed by atoms with Gasteiger partial charge in [-0.15, -0.1) is 0 Å². The number of aromatic amines is 1. The summed E-state index contributed by atoms with van der Waals surface area (Å²) in [6.07, 6.45) is 5.08. The number of hydrogen-bond acceptors (Lipinski definition) is 5. The van der Waals surface area contributed by atoms with Crippen molar-refractivity contribution >= 4 is 33.5 Å². The number of pyridine rings is 1. The molecule has 0 aliphatic heterocycles. The van der Waals surface area contributed by atoms with Gasteiger partial charge in [0.25, 0.3) is 0 Å². The van der Waals surface area contributed by atoms with Crippen molar-refractivity contribution < 1.29 is 8.76 Å². The Morgan fingerprint density at radius 3 is 2.86 bits per heavy atom. The van der Waals surface area contributed by atoms with Crippen molar-refractivity contribution in [3.8, 4) is 17.2 Å². The van der Waals surface area contributed by atoms with Crippen molar-refractivity contribution in [1.29, 1.82) is 5.26 Å². The number of nitriles is 1. The second-order valence-corrected chi connectivity index (χ2v) is 7.11. The number of nitrogens with one attached hydrogen (secondary N) is 3. The zero-order valence-electron chi connectivity index (χ0n) is 15.2. The van der Waals surface area contributed by atoms with E-state index in [4.69, 9.17) is 0 Å². The molecule has 2 aromatic heterocycles. The van der Waals surface area contributed by atoms with Crippen LogP contribution < -0.4 is 10.0 Å². The SMILES string of the molecule is N#Cc1cncc(-c2cccc(CNS(=O)[O-])c2)c1Nc1cccc2[nH]ccc12. The van der Waals surface area contributed by atoms with Gasteiger partial charge in [0.2, 0.25) is 0 Å². The fraction of sp³-hybridized carbons (Fsp3) is 0.0476. The molecule has 2 heterocycles. The Bertz CT molecular complexity index is 1250. The predicted octanol–water partition coefficient (Wildman–Crippen LogP) is 3.73. The van der Waals surface area contributed by atoms with E-state index >= 15 is 0 Å². The summed E-state index contributed by atoms with van der Waals surface area (Å²) in [5, 5.41) is 14.0. The van der Waals surface area contributed by atoms with E-state index in [0.717, 1.165) is 33.3 Å². The standard InChI is InChI=1S/C21H17N5O2S/c22-10-16-12-23-13-18(15-4-1-3-14(9-15)11-25-29(27)28)21(16)26-20-6-2-5-19-17(20)7-8-24-19/h1-9,12-13,24-25H,11H2,(H,23,26)(H,27,28)/p-1. The van der Waals surface area contributed by atoms with Crippen LogP contribution in [-0.2, 0) is 17.8 Å². The van der Waals surface area contributed by atoms with Crippen LogP contribution in [0.5, 0.6) is 0 Å². The molecule has 2 aromatic carbocycles. The number of H-pyrrole nitrogens is 1. The van der Waals surface area contributed by atoms with E-state index in [-0.39, 0.29) is 6.54 Å². The Balaban J connectivity index is 1.78. The minimum Gasteiger partial charge on any atom is -0.760 e. The first-order valence-electron chi connectivity index (χ1n) is 8.79. The summed E-state index contributed by atoms with van der Waals surface area (Å²) in [7, 11) is 0. The van der Waals surface area contributed by atoms with E-state index in [2.05, 4.69) is 26.1 Å². The number of hydrogen-bond donors (Lipinski definition) is 3. The lowest BCUT2D eigenvalue weighted by molar-refractivity contribution is 0.522. The Morgan fingerprint density at radius 1 is 1.17 bits per heavy atom. The molecule has 1 atom stereocenters. The van der Waals surface area contributed by atoms with Gasteiger partial charge in [0.15, 0.2) is 0 Å². The summed E-state index contributed by atoms with van der Waals surface area (Å²) >= 11 is -2.33. The maximum Gasteiger partial charge on any atom is 0.103 e. The number of fused-ring (bicyclic) bond motifs is 1. The highest BCUT2D eigenvalue weighted by atomic mass is 32.2. The predicted molar refractivity (Wildman–Crippen MR) is 112 cm³/mol. The van der Waals surface area contributed by atoms with Gasteiger partial charge in [-0.05, 0) is 35.4 Å². The van der Waals surface area contributed by atoms with E-state index in [1.54, 1.807) is 6.20 Å². The van der Waals surface area contributed by atoms with Gasteiger partial charge in [0, 0.05) is 58.6 Å². The van der Waals surface area contributed by atoms with Crippen LogP contribution >= 0.6 is 0 Å². The number of rotatable bonds is 6. The third kappa shape index (κ3) is 4.02. The molecule has 3 N–H and O–H groups in total. The molecule has 0 saturated heterocycles. The molecule has 4 aromatic rings. The molecule has 0 radical (unpaired) electrons. The molecule has 7 nitrogen and oxygen atoms in total. The van der Waals surface area contributed by atoms with Crippen LogP contribution in [0.4, 0.5) is 11.4 Å². The Hall–Kier alpha value is -3.51. The van der Waals surface area contributed by atoms with E-state index in [9.17, 15) is 14.0 Å². The monoisotopic (exact) mass is 402 g/mol. The van der Waals surface area contributed by atoms with Crippen molar-refractivity contribution in [2.24, 2.45) is 0 Å². The molecule has 0 saturated carbocycles. The summed E-state index contributed by atoms with van der Waals surface area (Å²) in [6, 6.07) is 17.5. The topological polar surface area (TPSA) is 117 Å². The smallest absolute Gasteiger partial charge is 0.103 e. The van der Waals surface area contributed by atoms with Crippen LogP contribution in [0.2, 0.25) is 0 Å². The lowest BCUT2D eigenvalue weighted by Gasteiger charge is -2.15. The Morgan fingerprint density at radius 2 is 2.03 bits per heavy atom. The van der Waals surface area contributed by atoms with Gasteiger partial charge in [-0.1, -0.05) is 24.3 Å². The maximum absolute atomic E-state index is 10.8. The summed E-state index contributed by atoms with van der Waals surface area (Å²) in [5.41, 5.74) is 5.30. The first-order chi connectivity index (χ1) is 14.2. The first-order valence-corrected chi connectivity index (χ1v) is 9.86. The molecule has 0 amide bonds. The summed E-state index contributed by atoms with van der Waals surface area (Å²) in [6.45, 7) is 0.181.